The van der Waals surface area contributed by atoms with Gasteiger partial charge in [0.25, 0.3) is 0 Å². The number of hydrogen-bond donors (Lipinski definition) is 1. The molecule has 2 fully saturated rings. The second-order valence-corrected chi connectivity index (χ2v) is 4.66. The van der Waals surface area contributed by atoms with Crippen LogP contribution >= 0.6 is 0 Å². The van der Waals surface area contributed by atoms with Gasteiger partial charge in [0.1, 0.15) is 0 Å². The summed E-state index contributed by atoms with van der Waals surface area (Å²) >= 11 is 0. The highest BCUT2D eigenvalue weighted by molar-refractivity contribution is 5.81. The van der Waals surface area contributed by atoms with E-state index in [0.717, 1.165) is 32.6 Å². The number of nitrogens with two attached hydrogens (primary N) is 1. The fraction of sp³-hybridized carbons (Fsp3) is 0.909. The topological polar surface area (TPSA) is 58.8 Å². The number of amides is 1. The summed E-state index contributed by atoms with van der Waals surface area (Å²) in [5.41, 5.74) is 5.85. The van der Waals surface area contributed by atoms with E-state index in [9.17, 15) is 4.79 Å². The molecular formula is C11H21N3O2. The van der Waals surface area contributed by atoms with Gasteiger partial charge in [-0.3, -0.25) is 9.69 Å². The Bertz CT molecular complexity index is 254. The van der Waals surface area contributed by atoms with E-state index in [1.54, 1.807) is 0 Å². The highest BCUT2D eigenvalue weighted by Gasteiger charge is 2.30. The Hall–Kier alpha value is -0.650. The van der Waals surface area contributed by atoms with E-state index in [-0.39, 0.29) is 18.0 Å². The molecule has 92 valence electrons. The predicted octanol–water partition coefficient (Wildman–Crippen LogP) is -0.733. The SMILES string of the molecule is CC(C(=O)N1CCOCC1)N1CC[C@@H](N)C1. The van der Waals surface area contributed by atoms with Crippen LogP contribution in [0, 0.1) is 0 Å². The van der Waals surface area contributed by atoms with Gasteiger partial charge in [-0.1, -0.05) is 0 Å². The molecule has 0 aromatic heterocycles. The Balaban J connectivity index is 1.88. The molecule has 0 aliphatic carbocycles. The van der Waals surface area contributed by atoms with Gasteiger partial charge >= 0.3 is 0 Å². The molecule has 1 amide bonds. The van der Waals surface area contributed by atoms with E-state index in [1.807, 2.05) is 11.8 Å². The molecular weight excluding hydrogens is 206 g/mol. The third kappa shape index (κ3) is 2.53. The van der Waals surface area contributed by atoms with E-state index in [0.29, 0.717) is 13.2 Å². The van der Waals surface area contributed by atoms with E-state index in [4.69, 9.17) is 10.5 Å². The lowest BCUT2D eigenvalue weighted by molar-refractivity contribution is -0.140. The van der Waals surface area contributed by atoms with Gasteiger partial charge in [0.15, 0.2) is 0 Å². The molecule has 0 bridgehead atoms. The molecule has 2 heterocycles. The van der Waals surface area contributed by atoms with Crippen molar-refractivity contribution in [1.82, 2.24) is 9.80 Å². The van der Waals surface area contributed by atoms with Crippen LogP contribution in [0.25, 0.3) is 0 Å². The number of rotatable bonds is 2. The van der Waals surface area contributed by atoms with Gasteiger partial charge < -0.3 is 15.4 Å². The average molecular weight is 227 g/mol. The van der Waals surface area contributed by atoms with Gasteiger partial charge in [-0.05, 0) is 13.3 Å². The van der Waals surface area contributed by atoms with Crippen molar-refractivity contribution >= 4 is 5.91 Å². The zero-order chi connectivity index (χ0) is 11.5. The Morgan fingerprint density at radius 1 is 1.38 bits per heavy atom. The molecule has 1 unspecified atom stereocenters. The van der Waals surface area contributed by atoms with Crippen LogP contribution in [-0.4, -0.2) is 67.2 Å². The molecule has 2 N–H and O–H groups in total. The number of hydrogen-bond acceptors (Lipinski definition) is 4. The summed E-state index contributed by atoms with van der Waals surface area (Å²) < 4.78 is 5.24. The fourth-order valence-corrected chi connectivity index (χ4v) is 2.37. The number of morpholine rings is 1. The Morgan fingerprint density at radius 3 is 2.62 bits per heavy atom. The molecule has 2 aliphatic rings. The van der Waals surface area contributed by atoms with Crippen LogP contribution in [-0.2, 0) is 9.53 Å². The Labute approximate surface area is 96.5 Å². The van der Waals surface area contributed by atoms with Gasteiger partial charge in [-0.2, -0.15) is 0 Å². The molecule has 2 saturated heterocycles. The molecule has 0 aromatic carbocycles. The van der Waals surface area contributed by atoms with Crippen LogP contribution in [0.15, 0.2) is 0 Å². The molecule has 0 spiro atoms. The largest absolute Gasteiger partial charge is 0.378 e. The number of carbonyl (C=O) groups is 1. The van der Waals surface area contributed by atoms with Gasteiger partial charge in [0.05, 0.1) is 19.3 Å². The number of likely N-dealkylation sites (tertiary alicyclic amines) is 1. The number of nitrogens with zero attached hydrogens (tertiary/aromatic N) is 2. The third-order valence-corrected chi connectivity index (χ3v) is 3.48. The molecule has 0 saturated carbocycles. The van der Waals surface area contributed by atoms with Gasteiger partial charge in [0.2, 0.25) is 5.91 Å². The van der Waals surface area contributed by atoms with E-state index in [2.05, 4.69) is 4.90 Å². The summed E-state index contributed by atoms with van der Waals surface area (Å²) in [7, 11) is 0. The molecule has 2 atom stereocenters. The predicted molar refractivity (Wildman–Crippen MR) is 61.0 cm³/mol. The first-order valence-corrected chi connectivity index (χ1v) is 6.04. The number of carbonyl (C=O) groups excluding carboxylic acids is 1. The second kappa shape index (κ2) is 5.12. The lowest BCUT2D eigenvalue weighted by Gasteiger charge is -2.32. The summed E-state index contributed by atoms with van der Waals surface area (Å²) in [5.74, 6) is 0.220. The minimum Gasteiger partial charge on any atom is -0.378 e. The molecule has 0 radical (unpaired) electrons. The average Bonchev–Trinajstić information content (AvgIpc) is 2.75. The van der Waals surface area contributed by atoms with E-state index >= 15 is 0 Å². The lowest BCUT2D eigenvalue weighted by atomic mass is 10.2. The zero-order valence-corrected chi connectivity index (χ0v) is 9.89. The molecule has 5 heteroatoms. The van der Waals surface area contributed by atoms with Gasteiger partial charge in [-0.25, -0.2) is 0 Å². The summed E-state index contributed by atoms with van der Waals surface area (Å²) in [6.07, 6.45) is 1.00. The Morgan fingerprint density at radius 2 is 2.06 bits per heavy atom. The van der Waals surface area contributed by atoms with Crippen LogP contribution < -0.4 is 5.73 Å². The van der Waals surface area contributed by atoms with Gasteiger partial charge in [0, 0.05) is 32.2 Å². The zero-order valence-electron chi connectivity index (χ0n) is 9.89. The van der Waals surface area contributed by atoms with Crippen molar-refractivity contribution in [2.24, 2.45) is 5.73 Å². The molecule has 2 aliphatic heterocycles. The highest BCUT2D eigenvalue weighted by atomic mass is 16.5. The summed E-state index contributed by atoms with van der Waals surface area (Å²) in [5, 5.41) is 0. The summed E-state index contributed by atoms with van der Waals surface area (Å²) in [6.45, 7) is 6.55. The molecule has 2 rings (SSSR count). The second-order valence-electron chi connectivity index (χ2n) is 4.66. The van der Waals surface area contributed by atoms with Crippen LogP contribution in [0.1, 0.15) is 13.3 Å². The fourth-order valence-electron chi connectivity index (χ4n) is 2.37. The van der Waals surface area contributed by atoms with Crippen molar-refractivity contribution in [3.8, 4) is 0 Å². The van der Waals surface area contributed by atoms with Crippen molar-refractivity contribution < 1.29 is 9.53 Å². The minimum absolute atomic E-state index is 0.0355. The van der Waals surface area contributed by atoms with Crippen LogP contribution in [0.5, 0.6) is 0 Å². The monoisotopic (exact) mass is 227 g/mol. The maximum absolute atomic E-state index is 12.2. The van der Waals surface area contributed by atoms with Crippen molar-refractivity contribution in [3.05, 3.63) is 0 Å². The summed E-state index contributed by atoms with van der Waals surface area (Å²) in [4.78, 5) is 16.3. The first kappa shape index (κ1) is 11.8. The standard InChI is InChI=1S/C11H21N3O2/c1-9(14-3-2-10(12)8-14)11(15)13-4-6-16-7-5-13/h9-10H,2-8,12H2,1H3/t9?,10-/m1/s1. The third-order valence-electron chi connectivity index (χ3n) is 3.48. The smallest absolute Gasteiger partial charge is 0.239 e. The lowest BCUT2D eigenvalue weighted by Crippen LogP contribution is -2.50. The van der Waals surface area contributed by atoms with Crippen molar-refractivity contribution in [1.29, 1.82) is 0 Å². The summed E-state index contributed by atoms with van der Waals surface area (Å²) in [6, 6.07) is 0.201. The van der Waals surface area contributed by atoms with Crippen LogP contribution in [0.4, 0.5) is 0 Å². The maximum atomic E-state index is 12.2. The van der Waals surface area contributed by atoms with Crippen molar-refractivity contribution in [2.45, 2.75) is 25.4 Å². The van der Waals surface area contributed by atoms with E-state index in [1.165, 1.54) is 0 Å². The first-order valence-electron chi connectivity index (χ1n) is 6.04. The molecule has 0 aromatic rings. The molecule has 5 nitrogen and oxygen atoms in total. The quantitative estimate of drug-likeness (QED) is 0.675. The van der Waals surface area contributed by atoms with E-state index < -0.39 is 0 Å². The van der Waals surface area contributed by atoms with Crippen LogP contribution in [0.2, 0.25) is 0 Å². The minimum atomic E-state index is -0.0355. The Kier molecular flexibility index (Phi) is 3.78. The normalized spacial score (nSPS) is 29.4. The highest BCUT2D eigenvalue weighted by Crippen LogP contribution is 2.13. The van der Waals surface area contributed by atoms with Crippen LogP contribution in [0.3, 0.4) is 0 Å². The van der Waals surface area contributed by atoms with Gasteiger partial charge in [-0.15, -0.1) is 0 Å². The first-order chi connectivity index (χ1) is 7.68. The maximum Gasteiger partial charge on any atom is 0.239 e. The van der Waals surface area contributed by atoms with Crippen molar-refractivity contribution in [2.75, 3.05) is 39.4 Å². The number of ether oxygens (including phenoxy) is 1. The molecule has 16 heavy (non-hydrogen) atoms. The van der Waals surface area contributed by atoms with Crippen molar-refractivity contribution in [3.63, 3.8) is 0 Å².